The van der Waals surface area contributed by atoms with Crippen molar-refractivity contribution in [2.24, 2.45) is 5.92 Å². The SMILES string of the molecule is COc1ccc(CC2CCCNC2)c(OC)c1F. The summed E-state index contributed by atoms with van der Waals surface area (Å²) in [5.41, 5.74) is 0.921. The molecule has 100 valence electrons. The standard InChI is InChI=1S/C14H20FNO2/c1-17-12-6-5-11(14(18-2)13(12)15)8-10-4-3-7-16-9-10/h5-6,10,16H,3-4,7-9H2,1-2H3. The monoisotopic (exact) mass is 253 g/mol. The summed E-state index contributed by atoms with van der Waals surface area (Å²) >= 11 is 0. The Morgan fingerprint density at radius 2 is 2.17 bits per heavy atom. The number of hydrogen-bond donors (Lipinski definition) is 1. The molecule has 0 bridgehead atoms. The van der Waals surface area contributed by atoms with Crippen molar-refractivity contribution in [1.29, 1.82) is 0 Å². The molecule has 1 unspecified atom stereocenters. The normalized spacial score (nSPS) is 19.6. The number of halogens is 1. The topological polar surface area (TPSA) is 30.5 Å². The van der Waals surface area contributed by atoms with Gasteiger partial charge in [0, 0.05) is 0 Å². The Morgan fingerprint density at radius 3 is 2.78 bits per heavy atom. The van der Waals surface area contributed by atoms with Crippen molar-refractivity contribution < 1.29 is 13.9 Å². The molecule has 2 rings (SSSR count). The molecule has 1 aliphatic rings. The molecule has 0 spiro atoms. The molecule has 0 aliphatic carbocycles. The maximum Gasteiger partial charge on any atom is 0.207 e. The summed E-state index contributed by atoms with van der Waals surface area (Å²) in [5, 5.41) is 3.37. The zero-order valence-corrected chi connectivity index (χ0v) is 11.0. The molecular weight excluding hydrogens is 233 g/mol. The highest BCUT2D eigenvalue weighted by Crippen LogP contribution is 2.32. The molecule has 0 saturated carbocycles. The zero-order chi connectivity index (χ0) is 13.0. The van der Waals surface area contributed by atoms with Crippen LogP contribution in [0.2, 0.25) is 0 Å². The Morgan fingerprint density at radius 1 is 1.33 bits per heavy atom. The summed E-state index contributed by atoms with van der Waals surface area (Å²) in [4.78, 5) is 0. The molecule has 1 aromatic carbocycles. The lowest BCUT2D eigenvalue weighted by Crippen LogP contribution is -2.30. The number of methoxy groups -OCH3 is 2. The summed E-state index contributed by atoms with van der Waals surface area (Å²) in [6, 6.07) is 3.57. The second-order valence-electron chi connectivity index (χ2n) is 4.69. The summed E-state index contributed by atoms with van der Waals surface area (Å²) in [5.74, 6) is 0.707. The van der Waals surface area contributed by atoms with E-state index in [9.17, 15) is 4.39 Å². The fourth-order valence-corrected chi connectivity index (χ4v) is 2.53. The first-order valence-corrected chi connectivity index (χ1v) is 6.36. The van der Waals surface area contributed by atoms with Crippen molar-refractivity contribution in [3.63, 3.8) is 0 Å². The van der Waals surface area contributed by atoms with Gasteiger partial charge in [-0.1, -0.05) is 6.07 Å². The van der Waals surface area contributed by atoms with Gasteiger partial charge in [0.25, 0.3) is 0 Å². The molecular formula is C14H20FNO2. The van der Waals surface area contributed by atoms with E-state index in [2.05, 4.69) is 5.32 Å². The van der Waals surface area contributed by atoms with Gasteiger partial charge in [-0.3, -0.25) is 0 Å². The van der Waals surface area contributed by atoms with Gasteiger partial charge >= 0.3 is 0 Å². The third-order valence-corrected chi connectivity index (χ3v) is 3.47. The van der Waals surface area contributed by atoms with Crippen LogP contribution in [0.5, 0.6) is 11.5 Å². The Balaban J connectivity index is 2.18. The van der Waals surface area contributed by atoms with E-state index < -0.39 is 5.82 Å². The van der Waals surface area contributed by atoms with Gasteiger partial charge in [-0.2, -0.15) is 4.39 Å². The van der Waals surface area contributed by atoms with Crippen LogP contribution in [-0.4, -0.2) is 27.3 Å². The zero-order valence-electron chi connectivity index (χ0n) is 11.0. The molecule has 0 amide bonds. The fraction of sp³-hybridized carbons (Fsp3) is 0.571. The quantitative estimate of drug-likeness (QED) is 0.893. The van der Waals surface area contributed by atoms with Gasteiger partial charge in [0.15, 0.2) is 11.5 Å². The van der Waals surface area contributed by atoms with Crippen molar-refractivity contribution in [2.75, 3.05) is 27.3 Å². The van der Waals surface area contributed by atoms with Crippen molar-refractivity contribution in [3.05, 3.63) is 23.5 Å². The average molecular weight is 253 g/mol. The first kappa shape index (κ1) is 13.1. The molecule has 1 atom stereocenters. The summed E-state index contributed by atoms with van der Waals surface area (Å²) in [7, 11) is 2.96. The second-order valence-corrected chi connectivity index (χ2v) is 4.69. The minimum atomic E-state index is -0.402. The van der Waals surface area contributed by atoms with Gasteiger partial charge in [0.1, 0.15) is 0 Å². The predicted molar refractivity (Wildman–Crippen MR) is 68.8 cm³/mol. The molecule has 1 fully saturated rings. The summed E-state index contributed by atoms with van der Waals surface area (Å²) in [6.45, 7) is 2.08. The van der Waals surface area contributed by atoms with E-state index in [4.69, 9.17) is 9.47 Å². The van der Waals surface area contributed by atoms with Crippen LogP contribution in [0, 0.1) is 11.7 Å². The van der Waals surface area contributed by atoms with Crippen LogP contribution in [0.25, 0.3) is 0 Å². The van der Waals surface area contributed by atoms with Crippen LogP contribution in [0.4, 0.5) is 4.39 Å². The van der Waals surface area contributed by atoms with E-state index in [1.807, 2.05) is 6.07 Å². The summed E-state index contributed by atoms with van der Waals surface area (Å²) < 4.78 is 24.2. The average Bonchev–Trinajstić information content (AvgIpc) is 2.40. The van der Waals surface area contributed by atoms with Crippen LogP contribution in [0.15, 0.2) is 12.1 Å². The summed E-state index contributed by atoms with van der Waals surface area (Å²) in [6.07, 6.45) is 3.21. The first-order valence-electron chi connectivity index (χ1n) is 6.36. The van der Waals surface area contributed by atoms with Crippen LogP contribution in [0.3, 0.4) is 0 Å². The molecule has 1 N–H and O–H groups in total. The van der Waals surface area contributed by atoms with Crippen LogP contribution < -0.4 is 14.8 Å². The Hall–Kier alpha value is -1.29. The molecule has 1 aromatic rings. The number of piperidine rings is 1. The van der Waals surface area contributed by atoms with Gasteiger partial charge in [-0.15, -0.1) is 0 Å². The number of nitrogens with one attached hydrogen (secondary N) is 1. The molecule has 1 heterocycles. The van der Waals surface area contributed by atoms with Crippen LogP contribution in [-0.2, 0) is 6.42 Å². The Bertz CT molecular complexity index is 403. The van der Waals surface area contributed by atoms with E-state index in [1.165, 1.54) is 27.1 Å². The fourth-order valence-electron chi connectivity index (χ4n) is 2.53. The second kappa shape index (κ2) is 6.05. The highest BCUT2D eigenvalue weighted by atomic mass is 19.1. The minimum Gasteiger partial charge on any atom is -0.494 e. The predicted octanol–water partition coefficient (Wildman–Crippen LogP) is 2.39. The number of ether oxygens (including phenoxy) is 2. The third kappa shape index (κ3) is 2.75. The van der Waals surface area contributed by atoms with Gasteiger partial charge in [0.05, 0.1) is 14.2 Å². The Kier molecular flexibility index (Phi) is 4.42. The Labute approximate surface area is 107 Å². The van der Waals surface area contributed by atoms with Gasteiger partial charge in [-0.25, -0.2) is 0 Å². The van der Waals surface area contributed by atoms with Crippen LogP contribution >= 0.6 is 0 Å². The van der Waals surface area contributed by atoms with E-state index in [-0.39, 0.29) is 5.75 Å². The van der Waals surface area contributed by atoms with E-state index in [0.717, 1.165) is 25.1 Å². The van der Waals surface area contributed by atoms with Gasteiger partial charge in [0.2, 0.25) is 5.82 Å². The largest absolute Gasteiger partial charge is 0.494 e. The minimum absolute atomic E-state index is 0.234. The maximum absolute atomic E-state index is 14.0. The number of rotatable bonds is 4. The lowest BCUT2D eigenvalue weighted by Gasteiger charge is -2.23. The van der Waals surface area contributed by atoms with E-state index in [0.29, 0.717) is 11.7 Å². The van der Waals surface area contributed by atoms with E-state index in [1.54, 1.807) is 6.07 Å². The van der Waals surface area contributed by atoms with Crippen LogP contribution in [0.1, 0.15) is 18.4 Å². The third-order valence-electron chi connectivity index (χ3n) is 3.47. The molecule has 1 saturated heterocycles. The highest BCUT2D eigenvalue weighted by molar-refractivity contribution is 5.43. The molecule has 3 nitrogen and oxygen atoms in total. The highest BCUT2D eigenvalue weighted by Gasteiger charge is 2.19. The van der Waals surface area contributed by atoms with Crippen molar-refractivity contribution in [3.8, 4) is 11.5 Å². The van der Waals surface area contributed by atoms with Crippen molar-refractivity contribution in [1.82, 2.24) is 5.32 Å². The van der Waals surface area contributed by atoms with Gasteiger partial charge < -0.3 is 14.8 Å². The smallest absolute Gasteiger partial charge is 0.207 e. The molecule has 0 aromatic heterocycles. The van der Waals surface area contributed by atoms with Gasteiger partial charge in [-0.05, 0) is 49.9 Å². The lowest BCUT2D eigenvalue weighted by atomic mass is 9.92. The molecule has 1 aliphatic heterocycles. The number of hydrogen-bond acceptors (Lipinski definition) is 3. The van der Waals surface area contributed by atoms with Crippen molar-refractivity contribution in [2.45, 2.75) is 19.3 Å². The lowest BCUT2D eigenvalue weighted by molar-refractivity contribution is 0.337. The van der Waals surface area contributed by atoms with E-state index >= 15 is 0 Å². The maximum atomic E-state index is 14.0. The van der Waals surface area contributed by atoms with Crippen molar-refractivity contribution >= 4 is 0 Å². The first-order chi connectivity index (χ1) is 8.76. The molecule has 4 heteroatoms. The number of benzene rings is 1. The molecule has 0 radical (unpaired) electrons. The molecule has 18 heavy (non-hydrogen) atoms.